The molecular formula is C23H25N3O2S. The van der Waals surface area contributed by atoms with E-state index in [1.54, 1.807) is 13.0 Å². The van der Waals surface area contributed by atoms with Crippen molar-refractivity contribution < 1.29 is 9.59 Å². The fraction of sp³-hybridized carbons (Fsp3) is 0.261. The fourth-order valence-electron chi connectivity index (χ4n) is 2.85. The van der Waals surface area contributed by atoms with Crippen molar-refractivity contribution >= 4 is 40.5 Å². The molecule has 0 radical (unpaired) electrons. The van der Waals surface area contributed by atoms with Crippen LogP contribution in [0.4, 0.5) is 5.69 Å². The number of carbonyl (C=O) groups is 2. The molecule has 0 spiro atoms. The van der Waals surface area contributed by atoms with Crippen LogP contribution in [0.2, 0.25) is 0 Å². The summed E-state index contributed by atoms with van der Waals surface area (Å²) in [7, 11) is 0. The maximum absolute atomic E-state index is 13.1. The van der Waals surface area contributed by atoms with Crippen LogP contribution in [0, 0.1) is 6.92 Å². The predicted octanol–water partition coefficient (Wildman–Crippen LogP) is 4.47. The van der Waals surface area contributed by atoms with Crippen LogP contribution in [0.3, 0.4) is 0 Å². The standard InChI is InChI=1S/C23H25N3O2S/c1-14(2)18-9-7-17(8-10-18)13-20-22(28)26(19-11-5-15(3)6-12-19)23(25-20)29-16(4)21(24)27/h5-14,16H,1-4H3,(H2,24,27)/b20-13-. The first kappa shape index (κ1) is 20.9. The molecule has 1 heterocycles. The fourth-order valence-corrected chi connectivity index (χ4v) is 3.73. The normalized spacial score (nSPS) is 16.4. The maximum Gasteiger partial charge on any atom is 0.283 e. The summed E-state index contributed by atoms with van der Waals surface area (Å²) in [4.78, 5) is 30.8. The number of hydrogen-bond donors (Lipinski definition) is 1. The van der Waals surface area contributed by atoms with Crippen molar-refractivity contribution in [2.75, 3.05) is 4.90 Å². The molecule has 150 valence electrons. The summed E-state index contributed by atoms with van der Waals surface area (Å²) < 4.78 is 0. The second kappa shape index (κ2) is 8.66. The highest BCUT2D eigenvalue weighted by molar-refractivity contribution is 8.15. The number of anilines is 1. The number of amidine groups is 1. The van der Waals surface area contributed by atoms with E-state index in [9.17, 15) is 9.59 Å². The highest BCUT2D eigenvalue weighted by Crippen LogP contribution is 2.31. The lowest BCUT2D eigenvalue weighted by Gasteiger charge is -2.19. The van der Waals surface area contributed by atoms with Crippen LogP contribution in [0.5, 0.6) is 0 Å². The van der Waals surface area contributed by atoms with Crippen LogP contribution < -0.4 is 10.6 Å². The van der Waals surface area contributed by atoms with Gasteiger partial charge in [0, 0.05) is 0 Å². The molecule has 2 aromatic carbocycles. The van der Waals surface area contributed by atoms with Crippen LogP contribution in [0.1, 0.15) is 43.4 Å². The first-order valence-electron chi connectivity index (χ1n) is 9.53. The zero-order chi connectivity index (χ0) is 21.1. The van der Waals surface area contributed by atoms with Gasteiger partial charge < -0.3 is 5.73 Å². The van der Waals surface area contributed by atoms with Crippen molar-refractivity contribution in [2.45, 2.75) is 38.9 Å². The van der Waals surface area contributed by atoms with Crippen LogP contribution in [-0.4, -0.2) is 22.2 Å². The molecule has 0 fully saturated rings. The van der Waals surface area contributed by atoms with Crippen LogP contribution in [-0.2, 0) is 9.59 Å². The van der Waals surface area contributed by atoms with Gasteiger partial charge in [-0.3, -0.25) is 14.5 Å². The van der Waals surface area contributed by atoms with Gasteiger partial charge in [0.05, 0.1) is 10.9 Å². The van der Waals surface area contributed by atoms with E-state index < -0.39 is 11.2 Å². The summed E-state index contributed by atoms with van der Waals surface area (Å²) in [5, 5.41) is -0.0469. The summed E-state index contributed by atoms with van der Waals surface area (Å²) >= 11 is 1.19. The molecule has 1 aliphatic heterocycles. The number of thioether (sulfide) groups is 1. The Hall–Kier alpha value is -2.86. The SMILES string of the molecule is Cc1ccc(N2C(=O)/C(=C/c3ccc(C(C)C)cc3)N=C2SC(C)C(N)=O)cc1. The van der Waals surface area contributed by atoms with Crippen LogP contribution in [0.15, 0.2) is 59.2 Å². The Labute approximate surface area is 175 Å². The molecule has 29 heavy (non-hydrogen) atoms. The highest BCUT2D eigenvalue weighted by atomic mass is 32.2. The number of amides is 2. The van der Waals surface area contributed by atoms with Gasteiger partial charge in [-0.15, -0.1) is 0 Å². The minimum absolute atomic E-state index is 0.221. The monoisotopic (exact) mass is 407 g/mol. The predicted molar refractivity (Wildman–Crippen MR) is 121 cm³/mol. The number of aliphatic imine (C=N–C) groups is 1. The molecule has 3 rings (SSSR count). The van der Waals surface area contributed by atoms with Gasteiger partial charge in [-0.2, -0.15) is 0 Å². The second-order valence-electron chi connectivity index (χ2n) is 7.38. The van der Waals surface area contributed by atoms with Crippen molar-refractivity contribution in [3.63, 3.8) is 0 Å². The number of hydrogen-bond acceptors (Lipinski definition) is 4. The smallest absolute Gasteiger partial charge is 0.283 e. The zero-order valence-corrected chi connectivity index (χ0v) is 17.9. The average molecular weight is 408 g/mol. The lowest BCUT2D eigenvalue weighted by Crippen LogP contribution is -2.33. The number of aryl methyl sites for hydroxylation is 1. The first-order valence-corrected chi connectivity index (χ1v) is 10.4. The van der Waals surface area contributed by atoms with Crippen LogP contribution >= 0.6 is 11.8 Å². The van der Waals surface area contributed by atoms with E-state index in [2.05, 4.69) is 31.0 Å². The molecule has 0 saturated heterocycles. The Bertz CT molecular complexity index is 976. The van der Waals surface area contributed by atoms with E-state index in [1.807, 2.05) is 43.3 Å². The summed E-state index contributed by atoms with van der Waals surface area (Å²) in [6.45, 7) is 7.97. The van der Waals surface area contributed by atoms with E-state index in [1.165, 1.54) is 22.2 Å². The van der Waals surface area contributed by atoms with E-state index in [0.717, 1.165) is 11.1 Å². The Morgan fingerprint density at radius 2 is 1.69 bits per heavy atom. The van der Waals surface area contributed by atoms with Gasteiger partial charge in [0.1, 0.15) is 5.70 Å². The van der Waals surface area contributed by atoms with Crippen molar-refractivity contribution in [3.8, 4) is 0 Å². The summed E-state index contributed by atoms with van der Waals surface area (Å²) in [5.74, 6) is -0.227. The summed E-state index contributed by atoms with van der Waals surface area (Å²) in [6, 6.07) is 15.7. The molecule has 0 saturated carbocycles. The Balaban J connectivity index is 1.97. The lowest BCUT2D eigenvalue weighted by atomic mass is 10.0. The van der Waals surface area contributed by atoms with Gasteiger partial charge in [0.2, 0.25) is 5.91 Å². The Morgan fingerprint density at radius 3 is 2.24 bits per heavy atom. The Morgan fingerprint density at radius 1 is 1.07 bits per heavy atom. The molecule has 6 heteroatoms. The lowest BCUT2D eigenvalue weighted by molar-refractivity contribution is -0.117. The molecule has 0 bridgehead atoms. The third-order valence-electron chi connectivity index (χ3n) is 4.71. The third-order valence-corrected chi connectivity index (χ3v) is 5.78. The molecule has 1 unspecified atom stereocenters. The molecule has 1 atom stereocenters. The van der Waals surface area contributed by atoms with E-state index in [-0.39, 0.29) is 5.91 Å². The molecule has 2 N–H and O–H groups in total. The minimum atomic E-state index is -0.501. The summed E-state index contributed by atoms with van der Waals surface area (Å²) in [6.07, 6.45) is 1.77. The maximum atomic E-state index is 13.1. The number of nitrogens with two attached hydrogens (primary N) is 1. The van der Waals surface area contributed by atoms with Gasteiger partial charge in [-0.25, -0.2) is 4.99 Å². The van der Waals surface area contributed by atoms with Gasteiger partial charge in [-0.1, -0.05) is 67.6 Å². The van der Waals surface area contributed by atoms with E-state index in [4.69, 9.17) is 5.73 Å². The molecule has 2 amide bonds. The largest absolute Gasteiger partial charge is 0.369 e. The molecule has 5 nitrogen and oxygen atoms in total. The van der Waals surface area contributed by atoms with Crippen molar-refractivity contribution in [1.82, 2.24) is 0 Å². The molecule has 2 aromatic rings. The molecular weight excluding hydrogens is 382 g/mol. The van der Waals surface area contributed by atoms with Gasteiger partial charge in [0.25, 0.3) is 5.91 Å². The minimum Gasteiger partial charge on any atom is -0.369 e. The number of carbonyl (C=O) groups excluding carboxylic acids is 2. The van der Waals surface area contributed by atoms with Gasteiger partial charge in [0.15, 0.2) is 5.17 Å². The van der Waals surface area contributed by atoms with E-state index >= 15 is 0 Å². The highest BCUT2D eigenvalue weighted by Gasteiger charge is 2.33. The van der Waals surface area contributed by atoms with Gasteiger partial charge in [-0.05, 0) is 49.1 Å². The average Bonchev–Trinajstić information content (AvgIpc) is 2.98. The van der Waals surface area contributed by atoms with Crippen molar-refractivity contribution in [2.24, 2.45) is 10.7 Å². The molecule has 0 aliphatic carbocycles. The zero-order valence-electron chi connectivity index (χ0n) is 17.0. The first-order chi connectivity index (χ1) is 13.8. The number of benzene rings is 2. The number of primary amides is 1. The molecule has 0 aromatic heterocycles. The summed E-state index contributed by atoms with van der Waals surface area (Å²) in [5.41, 5.74) is 9.70. The number of nitrogens with zero attached hydrogens (tertiary/aromatic N) is 2. The van der Waals surface area contributed by atoms with Gasteiger partial charge >= 0.3 is 0 Å². The Kier molecular flexibility index (Phi) is 6.23. The second-order valence-corrected chi connectivity index (χ2v) is 8.69. The van der Waals surface area contributed by atoms with Crippen molar-refractivity contribution in [3.05, 3.63) is 70.9 Å². The van der Waals surface area contributed by atoms with Crippen LogP contribution in [0.25, 0.3) is 6.08 Å². The molecule has 1 aliphatic rings. The quantitative estimate of drug-likeness (QED) is 0.743. The van der Waals surface area contributed by atoms with Crippen molar-refractivity contribution in [1.29, 1.82) is 0 Å². The number of rotatable bonds is 5. The third kappa shape index (κ3) is 4.77. The topological polar surface area (TPSA) is 75.8 Å². The van der Waals surface area contributed by atoms with E-state index in [0.29, 0.717) is 22.5 Å².